The van der Waals surface area contributed by atoms with Gasteiger partial charge in [0.25, 0.3) is 0 Å². The van der Waals surface area contributed by atoms with Crippen molar-refractivity contribution >= 4 is 5.91 Å². The van der Waals surface area contributed by atoms with Crippen LogP contribution in [0, 0.1) is 17.1 Å². The highest BCUT2D eigenvalue weighted by Crippen LogP contribution is 2.29. The van der Waals surface area contributed by atoms with Crippen molar-refractivity contribution in [2.24, 2.45) is 0 Å². The Morgan fingerprint density at radius 1 is 1.24 bits per heavy atom. The van der Waals surface area contributed by atoms with Crippen molar-refractivity contribution in [2.45, 2.75) is 19.4 Å². The van der Waals surface area contributed by atoms with E-state index >= 15 is 0 Å². The minimum absolute atomic E-state index is 0.104. The van der Waals surface area contributed by atoms with Crippen LogP contribution in [-0.2, 0) is 17.8 Å². The summed E-state index contributed by atoms with van der Waals surface area (Å²) in [7, 11) is 1.53. The number of rotatable bonds is 8. The number of halogens is 1. The van der Waals surface area contributed by atoms with Crippen molar-refractivity contribution < 1.29 is 18.7 Å². The summed E-state index contributed by atoms with van der Waals surface area (Å²) in [5.74, 6) is 0.450. The summed E-state index contributed by atoms with van der Waals surface area (Å²) in [5, 5.41) is 11.1. The molecule has 25 heavy (non-hydrogen) atoms. The molecular weight excluding hydrogens is 323 g/mol. The number of nitrogens with zero attached hydrogens (tertiary/aromatic N) is 1. The first-order valence-electron chi connectivity index (χ1n) is 7.81. The van der Waals surface area contributed by atoms with Crippen LogP contribution in [0.15, 0.2) is 42.5 Å². The normalized spacial score (nSPS) is 9.96. The minimum atomic E-state index is -0.314. The molecule has 2 aromatic rings. The molecule has 0 radical (unpaired) electrons. The molecule has 0 aliphatic heterocycles. The third kappa shape index (κ3) is 5.50. The molecule has 0 bridgehead atoms. The van der Waals surface area contributed by atoms with Crippen molar-refractivity contribution in [1.82, 2.24) is 5.32 Å². The SMILES string of the molecule is COc1cc(CCNC(=O)CC#N)ccc1OCc1ccccc1F. The van der Waals surface area contributed by atoms with E-state index < -0.39 is 0 Å². The van der Waals surface area contributed by atoms with Gasteiger partial charge in [0.2, 0.25) is 5.91 Å². The van der Waals surface area contributed by atoms with Crippen LogP contribution in [0.3, 0.4) is 0 Å². The van der Waals surface area contributed by atoms with Gasteiger partial charge in [-0.1, -0.05) is 24.3 Å². The Labute approximate surface area is 146 Å². The van der Waals surface area contributed by atoms with E-state index in [1.54, 1.807) is 30.3 Å². The second-order valence-electron chi connectivity index (χ2n) is 5.30. The molecule has 0 saturated heterocycles. The first-order valence-corrected chi connectivity index (χ1v) is 7.81. The molecule has 130 valence electrons. The summed E-state index contributed by atoms with van der Waals surface area (Å²) in [6.45, 7) is 0.533. The van der Waals surface area contributed by atoms with Crippen LogP contribution < -0.4 is 14.8 Å². The number of nitrogens with one attached hydrogen (secondary N) is 1. The van der Waals surface area contributed by atoms with Gasteiger partial charge in [0.15, 0.2) is 11.5 Å². The molecule has 0 unspecified atom stereocenters. The Bertz CT molecular complexity index is 772. The van der Waals surface area contributed by atoms with Crippen LogP contribution >= 0.6 is 0 Å². The lowest BCUT2D eigenvalue weighted by Gasteiger charge is -2.13. The van der Waals surface area contributed by atoms with Gasteiger partial charge in [-0.05, 0) is 30.2 Å². The number of ether oxygens (including phenoxy) is 2. The largest absolute Gasteiger partial charge is 0.493 e. The lowest BCUT2D eigenvalue weighted by atomic mass is 10.1. The van der Waals surface area contributed by atoms with Gasteiger partial charge in [0, 0.05) is 12.1 Å². The fourth-order valence-electron chi connectivity index (χ4n) is 2.24. The molecule has 0 spiro atoms. The van der Waals surface area contributed by atoms with E-state index in [2.05, 4.69) is 5.32 Å². The average molecular weight is 342 g/mol. The number of methoxy groups -OCH3 is 1. The molecule has 1 amide bonds. The van der Waals surface area contributed by atoms with E-state index in [4.69, 9.17) is 14.7 Å². The highest BCUT2D eigenvalue weighted by atomic mass is 19.1. The molecule has 0 fully saturated rings. The zero-order chi connectivity index (χ0) is 18.1. The van der Waals surface area contributed by atoms with Crippen LogP contribution in [0.5, 0.6) is 11.5 Å². The van der Waals surface area contributed by atoms with Gasteiger partial charge in [0.05, 0.1) is 13.2 Å². The lowest BCUT2D eigenvalue weighted by molar-refractivity contribution is -0.120. The Morgan fingerprint density at radius 2 is 2.04 bits per heavy atom. The summed E-state index contributed by atoms with van der Waals surface area (Å²) in [4.78, 5) is 11.2. The quantitative estimate of drug-likeness (QED) is 0.800. The number of hydrogen-bond acceptors (Lipinski definition) is 4. The molecule has 0 aromatic heterocycles. The monoisotopic (exact) mass is 342 g/mol. The third-order valence-corrected chi connectivity index (χ3v) is 3.54. The van der Waals surface area contributed by atoms with Gasteiger partial charge < -0.3 is 14.8 Å². The van der Waals surface area contributed by atoms with Crippen LogP contribution in [-0.4, -0.2) is 19.6 Å². The maximum Gasteiger partial charge on any atom is 0.234 e. The molecule has 5 nitrogen and oxygen atoms in total. The number of nitriles is 1. The molecule has 0 aliphatic rings. The Morgan fingerprint density at radius 3 is 2.76 bits per heavy atom. The number of benzene rings is 2. The van der Waals surface area contributed by atoms with E-state index in [9.17, 15) is 9.18 Å². The highest BCUT2D eigenvalue weighted by molar-refractivity contribution is 5.77. The van der Waals surface area contributed by atoms with Crippen molar-refractivity contribution in [1.29, 1.82) is 5.26 Å². The molecule has 0 atom stereocenters. The van der Waals surface area contributed by atoms with E-state index in [0.29, 0.717) is 30.0 Å². The summed E-state index contributed by atoms with van der Waals surface area (Å²) in [6, 6.07) is 13.7. The van der Waals surface area contributed by atoms with Gasteiger partial charge >= 0.3 is 0 Å². The van der Waals surface area contributed by atoms with Crippen molar-refractivity contribution in [3.05, 3.63) is 59.4 Å². The van der Waals surface area contributed by atoms with Crippen LogP contribution in [0.2, 0.25) is 0 Å². The van der Waals surface area contributed by atoms with Gasteiger partial charge in [-0.2, -0.15) is 5.26 Å². The second kappa shape index (κ2) is 9.28. The Kier molecular flexibility index (Phi) is 6.78. The Balaban J connectivity index is 1.95. The second-order valence-corrected chi connectivity index (χ2v) is 5.30. The predicted molar refractivity (Wildman–Crippen MR) is 90.7 cm³/mol. The summed E-state index contributed by atoms with van der Waals surface area (Å²) >= 11 is 0. The van der Waals surface area contributed by atoms with Crippen molar-refractivity contribution in [3.63, 3.8) is 0 Å². The number of carbonyl (C=O) groups excluding carboxylic acids is 1. The molecule has 0 aliphatic carbocycles. The average Bonchev–Trinajstić information content (AvgIpc) is 2.62. The summed E-state index contributed by atoms with van der Waals surface area (Å²) < 4.78 is 24.6. The molecular formula is C19H19FN2O3. The first kappa shape index (κ1) is 18.3. The Hall–Kier alpha value is -3.07. The van der Waals surface area contributed by atoms with E-state index in [-0.39, 0.29) is 24.8 Å². The van der Waals surface area contributed by atoms with Crippen LogP contribution in [0.4, 0.5) is 4.39 Å². The van der Waals surface area contributed by atoms with E-state index in [1.807, 2.05) is 12.1 Å². The summed E-state index contributed by atoms with van der Waals surface area (Å²) in [5.41, 5.74) is 1.42. The highest BCUT2D eigenvalue weighted by Gasteiger charge is 2.08. The fraction of sp³-hybridized carbons (Fsp3) is 0.263. The number of carbonyl (C=O) groups is 1. The first-order chi connectivity index (χ1) is 12.1. The predicted octanol–water partition coefficient (Wildman–Crippen LogP) is 2.99. The molecule has 6 heteroatoms. The molecule has 2 rings (SSSR count). The number of hydrogen-bond donors (Lipinski definition) is 1. The van der Waals surface area contributed by atoms with E-state index in [1.165, 1.54) is 13.2 Å². The van der Waals surface area contributed by atoms with Gasteiger partial charge in [-0.25, -0.2) is 4.39 Å². The zero-order valence-electron chi connectivity index (χ0n) is 13.9. The van der Waals surface area contributed by atoms with Gasteiger partial charge in [-0.3, -0.25) is 4.79 Å². The van der Waals surface area contributed by atoms with Crippen molar-refractivity contribution in [3.8, 4) is 17.6 Å². The van der Waals surface area contributed by atoms with E-state index in [0.717, 1.165) is 5.56 Å². The van der Waals surface area contributed by atoms with Gasteiger partial charge in [-0.15, -0.1) is 0 Å². The van der Waals surface area contributed by atoms with Gasteiger partial charge in [0.1, 0.15) is 18.8 Å². The number of amides is 1. The zero-order valence-corrected chi connectivity index (χ0v) is 13.9. The summed E-state index contributed by atoms with van der Waals surface area (Å²) in [6.07, 6.45) is 0.452. The molecule has 0 saturated carbocycles. The lowest BCUT2D eigenvalue weighted by Crippen LogP contribution is -2.24. The maximum absolute atomic E-state index is 13.6. The van der Waals surface area contributed by atoms with Crippen LogP contribution in [0.25, 0.3) is 0 Å². The molecule has 0 heterocycles. The third-order valence-electron chi connectivity index (χ3n) is 3.54. The minimum Gasteiger partial charge on any atom is -0.493 e. The van der Waals surface area contributed by atoms with Crippen LogP contribution in [0.1, 0.15) is 17.5 Å². The molecule has 2 aromatic carbocycles. The maximum atomic E-state index is 13.6. The molecule has 1 N–H and O–H groups in total. The topological polar surface area (TPSA) is 71.3 Å². The standard InChI is InChI=1S/C19H19FN2O3/c1-24-18-12-14(9-11-22-19(23)8-10-21)6-7-17(18)25-13-15-4-2-3-5-16(15)20/h2-7,12H,8-9,11,13H2,1H3,(H,22,23). The smallest absolute Gasteiger partial charge is 0.234 e. The van der Waals surface area contributed by atoms with Crippen molar-refractivity contribution in [2.75, 3.05) is 13.7 Å². The fourth-order valence-corrected chi connectivity index (χ4v) is 2.24.